The highest BCUT2D eigenvalue weighted by atomic mass is 16.3. The lowest BCUT2D eigenvalue weighted by Crippen LogP contribution is -2.30. The zero-order valence-electron chi connectivity index (χ0n) is 17.0. The number of nitrogens with one attached hydrogen (secondary N) is 2. The molecule has 0 aliphatic heterocycles. The number of anilines is 1. The first kappa shape index (κ1) is 19.7. The van der Waals surface area contributed by atoms with Crippen LogP contribution in [-0.4, -0.2) is 33.4 Å². The molecule has 30 heavy (non-hydrogen) atoms. The Hall–Kier alpha value is -3.61. The molecule has 0 spiro atoms. The monoisotopic (exact) mass is 404 g/mol. The second kappa shape index (κ2) is 8.02. The number of phenols is 1. The van der Waals surface area contributed by atoms with Crippen LogP contribution in [0.3, 0.4) is 0 Å². The summed E-state index contributed by atoms with van der Waals surface area (Å²) in [5.41, 5.74) is 3.98. The van der Waals surface area contributed by atoms with E-state index in [1.807, 2.05) is 32.0 Å². The number of aromatic nitrogens is 2. The molecule has 2 aromatic carbocycles. The normalized spacial score (nSPS) is 13.1. The first-order valence-electron chi connectivity index (χ1n) is 10.1. The van der Waals surface area contributed by atoms with Crippen molar-refractivity contribution in [2.75, 3.05) is 11.9 Å². The molecule has 1 saturated carbocycles. The Balaban J connectivity index is 1.57. The van der Waals surface area contributed by atoms with Crippen molar-refractivity contribution in [2.45, 2.75) is 32.6 Å². The van der Waals surface area contributed by atoms with E-state index in [4.69, 9.17) is 0 Å². The number of hydrogen-bond donors (Lipinski definition) is 3. The number of carbonyl (C=O) groups is 2. The van der Waals surface area contributed by atoms with E-state index in [1.165, 1.54) is 10.7 Å². The van der Waals surface area contributed by atoms with Crippen LogP contribution in [0, 0.1) is 6.92 Å². The molecule has 154 valence electrons. The number of amides is 2. The summed E-state index contributed by atoms with van der Waals surface area (Å²) < 4.78 is 1.39. The van der Waals surface area contributed by atoms with Gasteiger partial charge in [-0.05, 0) is 57.0 Å². The highest BCUT2D eigenvalue weighted by Crippen LogP contribution is 2.42. The maximum atomic E-state index is 12.4. The van der Waals surface area contributed by atoms with Crippen LogP contribution in [0.1, 0.15) is 47.3 Å². The minimum Gasteiger partial charge on any atom is -0.507 e. The van der Waals surface area contributed by atoms with Crippen LogP contribution in [0.25, 0.3) is 11.3 Å². The van der Waals surface area contributed by atoms with Crippen molar-refractivity contribution in [1.82, 2.24) is 15.1 Å². The molecule has 3 aromatic rings. The molecule has 0 radical (unpaired) electrons. The molecule has 1 aromatic heterocycles. The first-order valence-corrected chi connectivity index (χ1v) is 10.1. The summed E-state index contributed by atoms with van der Waals surface area (Å²) in [5, 5.41) is 20.5. The van der Waals surface area contributed by atoms with E-state index < -0.39 is 0 Å². The van der Waals surface area contributed by atoms with Crippen LogP contribution in [0.4, 0.5) is 10.5 Å². The second-order valence-electron chi connectivity index (χ2n) is 7.53. The van der Waals surface area contributed by atoms with Crippen LogP contribution < -0.4 is 10.6 Å². The topological polar surface area (TPSA) is 96.3 Å². The number of phenolic OH excluding ortho intramolecular Hbond substituents is 1. The van der Waals surface area contributed by atoms with Gasteiger partial charge in [-0.1, -0.05) is 17.7 Å². The van der Waals surface area contributed by atoms with Gasteiger partial charge in [0.15, 0.2) is 0 Å². The second-order valence-corrected chi connectivity index (χ2v) is 7.53. The largest absolute Gasteiger partial charge is 0.507 e. The number of carbonyl (C=O) groups excluding carboxylic acids is 2. The molecule has 2 amide bonds. The Morgan fingerprint density at radius 2 is 1.87 bits per heavy atom. The van der Waals surface area contributed by atoms with Gasteiger partial charge >= 0.3 is 6.03 Å². The molecule has 7 heteroatoms. The number of rotatable bonds is 5. The number of aryl methyl sites for hydroxylation is 1. The number of nitrogens with zero attached hydrogens (tertiary/aromatic N) is 2. The molecular weight excluding hydrogens is 380 g/mol. The number of hydrogen-bond acceptors (Lipinski definition) is 4. The molecular formula is C23H24N4O3. The van der Waals surface area contributed by atoms with E-state index in [0.717, 1.165) is 24.1 Å². The predicted octanol–water partition coefficient (Wildman–Crippen LogP) is 4.27. The van der Waals surface area contributed by atoms with Crippen molar-refractivity contribution in [3.63, 3.8) is 0 Å². The van der Waals surface area contributed by atoms with E-state index in [0.29, 0.717) is 35.0 Å². The lowest BCUT2D eigenvalue weighted by atomic mass is 10.1. The van der Waals surface area contributed by atoms with E-state index in [1.54, 1.807) is 24.3 Å². The summed E-state index contributed by atoms with van der Waals surface area (Å²) >= 11 is 0. The summed E-state index contributed by atoms with van der Waals surface area (Å²) in [6.45, 7) is 4.33. The predicted molar refractivity (Wildman–Crippen MR) is 115 cm³/mol. The lowest BCUT2D eigenvalue weighted by Gasteiger charge is -2.08. The van der Waals surface area contributed by atoms with Gasteiger partial charge in [-0.2, -0.15) is 9.78 Å². The van der Waals surface area contributed by atoms with E-state index in [9.17, 15) is 14.7 Å². The molecule has 4 rings (SSSR count). The summed E-state index contributed by atoms with van der Waals surface area (Å²) in [6.07, 6.45) is 2.06. The van der Waals surface area contributed by atoms with Crippen LogP contribution >= 0.6 is 0 Å². The maximum Gasteiger partial charge on any atom is 0.342 e. The third-order valence-electron chi connectivity index (χ3n) is 5.10. The van der Waals surface area contributed by atoms with Gasteiger partial charge in [-0.3, -0.25) is 4.79 Å². The molecule has 0 bridgehead atoms. The van der Waals surface area contributed by atoms with Crippen molar-refractivity contribution >= 4 is 17.6 Å². The van der Waals surface area contributed by atoms with Crippen molar-refractivity contribution in [3.8, 4) is 17.0 Å². The average molecular weight is 404 g/mol. The highest BCUT2D eigenvalue weighted by Gasteiger charge is 2.30. The first-order chi connectivity index (χ1) is 14.5. The summed E-state index contributed by atoms with van der Waals surface area (Å²) in [6, 6.07) is 13.7. The molecule has 3 N–H and O–H groups in total. The van der Waals surface area contributed by atoms with Crippen molar-refractivity contribution in [3.05, 3.63) is 65.4 Å². The molecule has 1 aliphatic rings. The van der Waals surface area contributed by atoms with Gasteiger partial charge in [0.1, 0.15) is 5.75 Å². The average Bonchev–Trinajstić information content (AvgIpc) is 3.47. The molecule has 0 unspecified atom stereocenters. The Kier molecular flexibility index (Phi) is 5.27. The van der Waals surface area contributed by atoms with Gasteiger partial charge in [0.25, 0.3) is 5.91 Å². The van der Waals surface area contributed by atoms with Gasteiger partial charge in [-0.25, -0.2) is 4.79 Å². The Morgan fingerprint density at radius 1 is 1.13 bits per heavy atom. The molecule has 7 nitrogen and oxygen atoms in total. The zero-order valence-corrected chi connectivity index (χ0v) is 17.0. The van der Waals surface area contributed by atoms with Gasteiger partial charge in [0.05, 0.1) is 11.4 Å². The SMILES string of the molecule is CCNC(=O)n1nc(-c2ccc(NC(=O)c3ccc(C)cc3)cc2O)cc1C1CC1. The van der Waals surface area contributed by atoms with Crippen LogP contribution in [0.2, 0.25) is 0 Å². The molecule has 0 atom stereocenters. The van der Waals surface area contributed by atoms with Crippen molar-refractivity contribution < 1.29 is 14.7 Å². The number of benzene rings is 2. The highest BCUT2D eigenvalue weighted by molar-refractivity contribution is 6.04. The van der Waals surface area contributed by atoms with Gasteiger partial charge in [-0.15, -0.1) is 0 Å². The minimum absolute atomic E-state index is 0.0143. The van der Waals surface area contributed by atoms with Gasteiger partial charge < -0.3 is 15.7 Å². The third-order valence-corrected chi connectivity index (χ3v) is 5.10. The summed E-state index contributed by atoms with van der Waals surface area (Å²) in [5.74, 6) is 0.0577. The van der Waals surface area contributed by atoms with Gasteiger partial charge in [0.2, 0.25) is 0 Å². The van der Waals surface area contributed by atoms with E-state index >= 15 is 0 Å². The van der Waals surface area contributed by atoms with Crippen LogP contribution in [0.5, 0.6) is 5.75 Å². The summed E-state index contributed by atoms with van der Waals surface area (Å²) in [4.78, 5) is 24.7. The fourth-order valence-corrected chi connectivity index (χ4v) is 3.32. The summed E-state index contributed by atoms with van der Waals surface area (Å²) in [7, 11) is 0. The van der Waals surface area contributed by atoms with Gasteiger partial charge in [0, 0.05) is 35.3 Å². The minimum atomic E-state index is -0.271. The van der Waals surface area contributed by atoms with Crippen molar-refractivity contribution in [1.29, 1.82) is 0 Å². The molecule has 1 aliphatic carbocycles. The smallest absolute Gasteiger partial charge is 0.342 e. The maximum absolute atomic E-state index is 12.4. The fraction of sp³-hybridized carbons (Fsp3) is 0.261. The zero-order chi connectivity index (χ0) is 21.3. The third kappa shape index (κ3) is 4.05. The quantitative estimate of drug-likeness (QED) is 0.592. The Labute approximate surface area is 174 Å². The van der Waals surface area contributed by atoms with Crippen LogP contribution in [-0.2, 0) is 0 Å². The van der Waals surface area contributed by atoms with E-state index in [2.05, 4.69) is 15.7 Å². The molecule has 1 heterocycles. The molecule has 1 fully saturated rings. The molecule has 0 saturated heterocycles. The Bertz CT molecular complexity index is 1100. The number of aromatic hydroxyl groups is 1. The fourth-order valence-electron chi connectivity index (χ4n) is 3.32. The standard InChI is InChI=1S/C23H24N4O3/c1-3-24-23(30)27-20(15-8-9-15)13-19(26-27)18-11-10-17(12-21(18)28)25-22(29)16-6-4-14(2)5-7-16/h4-7,10-13,15,28H,3,8-9H2,1-2H3,(H,24,30)(H,25,29). The van der Waals surface area contributed by atoms with Crippen LogP contribution in [0.15, 0.2) is 48.5 Å². The Morgan fingerprint density at radius 3 is 2.50 bits per heavy atom. The van der Waals surface area contributed by atoms with Crippen molar-refractivity contribution in [2.24, 2.45) is 0 Å². The van der Waals surface area contributed by atoms with E-state index in [-0.39, 0.29) is 17.7 Å². The lowest BCUT2D eigenvalue weighted by molar-refractivity contribution is 0.102.